The highest BCUT2D eigenvalue weighted by Gasteiger charge is 2.18. The van der Waals surface area contributed by atoms with Crippen molar-refractivity contribution in [3.05, 3.63) is 145 Å². The number of aryl methyl sites for hydroxylation is 1. The molecule has 0 bridgehead atoms. The lowest BCUT2D eigenvalue weighted by atomic mass is 9.99. The number of nitrogens with zero attached hydrogens (tertiary/aromatic N) is 2. The normalized spacial score (nSPS) is 11.7. The first-order valence-corrected chi connectivity index (χ1v) is 13.5. The Bertz CT molecular complexity index is 2160. The molecule has 8 aromatic rings. The van der Waals surface area contributed by atoms with Crippen molar-refractivity contribution >= 4 is 43.6 Å². The minimum Gasteiger partial charge on any atom is -0.309 e. The number of benzene rings is 6. The Morgan fingerprint density at radius 3 is 1.90 bits per heavy atom. The molecule has 0 aliphatic rings. The van der Waals surface area contributed by atoms with Gasteiger partial charge in [0.15, 0.2) is 0 Å². The van der Waals surface area contributed by atoms with E-state index in [9.17, 15) is 0 Å². The van der Waals surface area contributed by atoms with Crippen LogP contribution in [0, 0.1) is 6.92 Å². The van der Waals surface area contributed by atoms with Gasteiger partial charge in [0.05, 0.1) is 22.1 Å². The fourth-order valence-corrected chi connectivity index (χ4v) is 6.28. The first-order valence-electron chi connectivity index (χ1n) is 13.5. The average Bonchev–Trinajstić information content (AvgIpc) is 3.50. The zero-order chi connectivity index (χ0) is 25.9. The third kappa shape index (κ3) is 3.28. The van der Waals surface area contributed by atoms with Crippen molar-refractivity contribution in [2.45, 2.75) is 6.92 Å². The van der Waals surface area contributed by atoms with Crippen molar-refractivity contribution in [1.82, 2.24) is 9.13 Å². The van der Waals surface area contributed by atoms with E-state index >= 15 is 0 Å². The molecule has 0 unspecified atom stereocenters. The van der Waals surface area contributed by atoms with Crippen LogP contribution in [0.4, 0.5) is 0 Å². The Balaban J connectivity index is 1.46. The molecule has 0 aliphatic carbocycles. The summed E-state index contributed by atoms with van der Waals surface area (Å²) in [5, 5.41) is 5.11. The quantitative estimate of drug-likeness (QED) is 0.229. The van der Waals surface area contributed by atoms with Crippen LogP contribution in [0.3, 0.4) is 0 Å². The van der Waals surface area contributed by atoms with Crippen LogP contribution < -0.4 is 0 Å². The van der Waals surface area contributed by atoms with Crippen LogP contribution in [-0.4, -0.2) is 9.13 Å². The van der Waals surface area contributed by atoms with Gasteiger partial charge in [0, 0.05) is 32.9 Å². The molecule has 0 fully saturated rings. The van der Waals surface area contributed by atoms with Gasteiger partial charge in [-0.25, -0.2) is 0 Å². The van der Waals surface area contributed by atoms with Gasteiger partial charge in [-0.15, -0.1) is 0 Å². The second kappa shape index (κ2) is 8.47. The van der Waals surface area contributed by atoms with E-state index in [1.54, 1.807) is 0 Å². The van der Waals surface area contributed by atoms with Gasteiger partial charge in [-0.3, -0.25) is 0 Å². The maximum atomic E-state index is 2.44. The fourth-order valence-electron chi connectivity index (χ4n) is 6.28. The van der Waals surface area contributed by atoms with Crippen molar-refractivity contribution in [3.8, 4) is 22.5 Å². The van der Waals surface area contributed by atoms with E-state index in [0.29, 0.717) is 0 Å². The van der Waals surface area contributed by atoms with Gasteiger partial charge in [0.25, 0.3) is 0 Å². The van der Waals surface area contributed by atoms with E-state index in [1.807, 2.05) is 0 Å². The number of fused-ring (bicyclic) bond motifs is 6. The molecule has 6 aromatic carbocycles. The number of para-hydroxylation sites is 2. The summed E-state index contributed by atoms with van der Waals surface area (Å²) in [7, 11) is 0. The number of hydrogen-bond acceptors (Lipinski definition) is 0. The Morgan fingerprint density at radius 2 is 1.05 bits per heavy atom. The predicted octanol–water partition coefficient (Wildman–Crippen LogP) is 9.86. The molecular formula is C37H26N2. The molecule has 0 amide bonds. The molecule has 184 valence electrons. The van der Waals surface area contributed by atoms with E-state index in [-0.39, 0.29) is 0 Å². The number of aromatic nitrogens is 2. The van der Waals surface area contributed by atoms with E-state index in [0.717, 1.165) is 0 Å². The Labute approximate surface area is 227 Å². The minimum atomic E-state index is 1.17. The van der Waals surface area contributed by atoms with Crippen LogP contribution in [0.1, 0.15) is 5.56 Å². The zero-order valence-corrected chi connectivity index (χ0v) is 21.7. The van der Waals surface area contributed by atoms with Crippen LogP contribution in [-0.2, 0) is 0 Å². The molecular weight excluding hydrogens is 472 g/mol. The Morgan fingerprint density at radius 1 is 0.410 bits per heavy atom. The van der Waals surface area contributed by atoms with Crippen molar-refractivity contribution < 1.29 is 0 Å². The third-order valence-corrected chi connectivity index (χ3v) is 7.96. The molecule has 0 aliphatic heterocycles. The van der Waals surface area contributed by atoms with Gasteiger partial charge in [-0.05, 0) is 72.6 Å². The highest BCUT2D eigenvalue weighted by atomic mass is 15.0. The molecule has 0 radical (unpaired) electrons. The summed E-state index contributed by atoms with van der Waals surface area (Å²) in [5.74, 6) is 0. The summed E-state index contributed by atoms with van der Waals surface area (Å²) < 4.78 is 4.81. The average molecular weight is 499 g/mol. The summed E-state index contributed by atoms with van der Waals surface area (Å²) in [6.07, 6.45) is 0. The molecule has 0 atom stereocenters. The van der Waals surface area contributed by atoms with Gasteiger partial charge in [-0.2, -0.15) is 0 Å². The molecule has 2 heterocycles. The SMILES string of the molecule is Cc1ccc2c(c1)c1c(-c3ccccc3)cccc1n2-c1ccc2c(c1)c1ccccc1n2-c1ccccc1. The van der Waals surface area contributed by atoms with E-state index in [1.165, 1.54) is 71.7 Å². The van der Waals surface area contributed by atoms with Crippen LogP contribution in [0.15, 0.2) is 140 Å². The van der Waals surface area contributed by atoms with Crippen molar-refractivity contribution in [2.75, 3.05) is 0 Å². The Kier molecular flexibility index (Phi) is 4.77. The van der Waals surface area contributed by atoms with E-state index < -0.39 is 0 Å². The summed E-state index contributed by atoms with van der Waals surface area (Å²) in [6.45, 7) is 2.18. The summed E-state index contributed by atoms with van der Waals surface area (Å²) in [6, 6.07) is 50.6. The summed E-state index contributed by atoms with van der Waals surface area (Å²) in [4.78, 5) is 0. The summed E-state index contributed by atoms with van der Waals surface area (Å²) >= 11 is 0. The second-order valence-electron chi connectivity index (χ2n) is 10.3. The summed E-state index contributed by atoms with van der Waals surface area (Å²) in [5.41, 5.74) is 11.0. The van der Waals surface area contributed by atoms with Gasteiger partial charge < -0.3 is 9.13 Å². The van der Waals surface area contributed by atoms with Gasteiger partial charge in [0.2, 0.25) is 0 Å². The topological polar surface area (TPSA) is 9.86 Å². The molecule has 0 spiro atoms. The molecule has 2 nitrogen and oxygen atoms in total. The van der Waals surface area contributed by atoms with Gasteiger partial charge in [-0.1, -0.05) is 90.5 Å². The lowest BCUT2D eigenvalue weighted by Crippen LogP contribution is -1.95. The highest BCUT2D eigenvalue weighted by Crippen LogP contribution is 2.40. The number of hydrogen-bond donors (Lipinski definition) is 0. The largest absolute Gasteiger partial charge is 0.309 e. The molecule has 8 rings (SSSR count). The lowest BCUT2D eigenvalue weighted by molar-refractivity contribution is 1.16. The van der Waals surface area contributed by atoms with Crippen LogP contribution in [0.5, 0.6) is 0 Å². The molecule has 2 heteroatoms. The highest BCUT2D eigenvalue weighted by molar-refractivity contribution is 6.16. The van der Waals surface area contributed by atoms with Crippen molar-refractivity contribution in [2.24, 2.45) is 0 Å². The monoisotopic (exact) mass is 498 g/mol. The second-order valence-corrected chi connectivity index (χ2v) is 10.3. The minimum absolute atomic E-state index is 1.17. The van der Waals surface area contributed by atoms with E-state index in [4.69, 9.17) is 0 Å². The smallest absolute Gasteiger partial charge is 0.0547 e. The maximum absolute atomic E-state index is 2.44. The molecule has 0 saturated heterocycles. The van der Waals surface area contributed by atoms with Crippen molar-refractivity contribution in [1.29, 1.82) is 0 Å². The molecule has 0 saturated carbocycles. The lowest BCUT2D eigenvalue weighted by Gasteiger charge is -2.11. The molecule has 39 heavy (non-hydrogen) atoms. The fraction of sp³-hybridized carbons (Fsp3) is 0.0270. The maximum Gasteiger partial charge on any atom is 0.0547 e. The molecule has 0 N–H and O–H groups in total. The van der Waals surface area contributed by atoms with Gasteiger partial charge in [0.1, 0.15) is 0 Å². The first kappa shape index (κ1) is 22.0. The third-order valence-electron chi connectivity index (χ3n) is 7.96. The predicted molar refractivity (Wildman–Crippen MR) is 165 cm³/mol. The van der Waals surface area contributed by atoms with Gasteiger partial charge >= 0.3 is 0 Å². The van der Waals surface area contributed by atoms with Crippen LogP contribution >= 0.6 is 0 Å². The van der Waals surface area contributed by atoms with Crippen molar-refractivity contribution in [3.63, 3.8) is 0 Å². The first-order chi connectivity index (χ1) is 19.3. The van der Waals surface area contributed by atoms with E-state index in [2.05, 4.69) is 156 Å². The standard InChI is InChI=1S/C37H26N2/c1-25-19-21-35-32(23-25)37-29(26-11-4-2-5-12-26)16-10-18-36(37)39(35)28-20-22-34-31(24-28)30-15-8-9-17-33(30)38(34)27-13-6-3-7-14-27/h2-24H,1H3. The molecule has 2 aromatic heterocycles. The van der Waals surface area contributed by atoms with Crippen LogP contribution in [0.25, 0.3) is 66.1 Å². The number of rotatable bonds is 3. The zero-order valence-electron chi connectivity index (χ0n) is 21.7. The Hall–Kier alpha value is -5.08. The van der Waals surface area contributed by atoms with Crippen LogP contribution in [0.2, 0.25) is 0 Å².